The highest BCUT2D eigenvalue weighted by Gasteiger charge is 2.09. The number of carbonyl (C=O) groups is 2. The molecule has 0 bridgehead atoms. The van der Waals surface area contributed by atoms with Crippen molar-refractivity contribution in [3.8, 4) is 0 Å². The predicted octanol–water partition coefficient (Wildman–Crippen LogP) is 4.51. The average Bonchev–Trinajstić information content (AvgIpc) is 3.25. The first-order valence-corrected chi connectivity index (χ1v) is 12.0. The number of esters is 1. The van der Waals surface area contributed by atoms with E-state index in [1.165, 1.54) is 36.4 Å². The Balaban J connectivity index is 1.41. The van der Waals surface area contributed by atoms with Gasteiger partial charge in [-0.25, -0.2) is 10.2 Å². The van der Waals surface area contributed by atoms with Gasteiger partial charge in [0.1, 0.15) is 0 Å². The summed E-state index contributed by atoms with van der Waals surface area (Å²) in [4.78, 5) is 23.4. The summed E-state index contributed by atoms with van der Waals surface area (Å²) in [6.45, 7) is 0. The van der Waals surface area contributed by atoms with Gasteiger partial charge >= 0.3 is 5.97 Å². The van der Waals surface area contributed by atoms with Crippen molar-refractivity contribution in [3.63, 3.8) is 0 Å². The second-order valence-corrected chi connectivity index (χ2v) is 9.74. The Hall–Kier alpha value is -2.40. The van der Waals surface area contributed by atoms with Crippen LogP contribution >= 0.6 is 46.5 Å². The van der Waals surface area contributed by atoms with Gasteiger partial charge in [-0.3, -0.25) is 4.79 Å². The molecule has 0 aliphatic carbocycles. The number of ether oxygens (including phenoxy) is 1. The van der Waals surface area contributed by atoms with Gasteiger partial charge in [0.05, 0.1) is 24.6 Å². The van der Waals surface area contributed by atoms with Crippen molar-refractivity contribution < 1.29 is 14.3 Å². The summed E-state index contributed by atoms with van der Waals surface area (Å²) in [5, 5.41) is 12.9. The van der Waals surface area contributed by atoms with Gasteiger partial charge < -0.3 is 4.74 Å². The fourth-order valence-electron chi connectivity index (χ4n) is 2.23. The Morgan fingerprint density at radius 1 is 1.13 bits per heavy atom. The molecule has 11 heteroatoms. The van der Waals surface area contributed by atoms with Crippen LogP contribution in [0.25, 0.3) is 0 Å². The van der Waals surface area contributed by atoms with Crippen molar-refractivity contribution in [1.82, 2.24) is 15.6 Å². The van der Waals surface area contributed by atoms with Crippen LogP contribution in [0.5, 0.6) is 0 Å². The van der Waals surface area contributed by atoms with Crippen LogP contribution in [0.2, 0.25) is 5.02 Å². The van der Waals surface area contributed by atoms with Gasteiger partial charge in [0, 0.05) is 10.8 Å². The van der Waals surface area contributed by atoms with Crippen molar-refractivity contribution >= 4 is 64.6 Å². The summed E-state index contributed by atoms with van der Waals surface area (Å²) >= 11 is 10.4. The molecule has 7 nitrogen and oxygen atoms in total. The zero-order valence-electron chi connectivity index (χ0n) is 16.3. The lowest BCUT2D eigenvalue weighted by Crippen LogP contribution is -2.19. The molecule has 0 aliphatic heterocycles. The smallest absolute Gasteiger partial charge is 0.337 e. The zero-order chi connectivity index (χ0) is 22.1. The highest BCUT2D eigenvalue weighted by molar-refractivity contribution is 8.03. The number of hydrogen-bond acceptors (Lipinski definition) is 9. The number of thioether (sulfide) groups is 2. The van der Waals surface area contributed by atoms with Gasteiger partial charge in [0.2, 0.25) is 0 Å². The van der Waals surface area contributed by atoms with E-state index >= 15 is 0 Å². The second-order valence-electron chi connectivity index (χ2n) is 5.91. The molecule has 0 saturated carbocycles. The lowest BCUT2D eigenvalue weighted by Gasteiger charge is -2.00. The fourth-order valence-corrected chi connectivity index (χ4v) is 5.33. The molecule has 0 atom stereocenters. The summed E-state index contributed by atoms with van der Waals surface area (Å²) in [5.41, 5.74) is 4.69. The van der Waals surface area contributed by atoms with Crippen LogP contribution in [-0.2, 0) is 15.3 Å². The molecule has 1 aromatic heterocycles. The number of aromatic nitrogens is 2. The third-order valence-electron chi connectivity index (χ3n) is 3.76. The Morgan fingerprint density at radius 3 is 2.55 bits per heavy atom. The molecule has 0 unspecified atom stereocenters. The second kappa shape index (κ2) is 11.8. The van der Waals surface area contributed by atoms with Crippen LogP contribution in [-0.4, -0.2) is 41.2 Å². The molecule has 1 N–H and O–H groups in total. The SMILES string of the molecule is COC(=O)c1ccc(C=NNC(=O)CSc2nnc(SCc3ccccc3Cl)s2)cc1. The van der Waals surface area contributed by atoms with Crippen molar-refractivity contribution in [2.75, 3.05) is 12.9 Å². The number of nitrogens with zero attached hydrogens (tertiary/aromatic N) is 3. The molecule has 2 aromatic carbocycles. The lowest BCUT2D eigenvalue weighted by molar-refractivity contribution is -0.118. The maximum absolute atomic E-state index is 12.0. The number of rotatable bonds is 9. The highest BCUT2D eigenvalue weighted by atomic mass is 35.5. The first-order valence-electron chi connectivity index (χ1n) is 8.88. The van der Waals surface area contributed by atoms with Gasteiger partial charge in [-0.15, -0.1) is 10.2 Å². The highest BCUT2D eigenvalue weighted by Crippen LogP contribution is 2.32. The van der Waals surface area contributed by atoms with Gasteiger partial charge in [-0.2, -0.15) is 5.10 Å². The number of carbonyl (C=O) groups excluding carboxylic acids is 2. The molecule has 0 spiro atoms. The van der Waals surface area contributed by atoms with Crippen LogP contribution in [0.1, 0.15) is 21.5 Å². The molecule has 1 amide bonds. The van der Waals surface area contributed by atoms with Crippen LogP contribution in [0, 0.1) is 0 Å². The van der Waals surface area contributed by atoms with E-state index in [1.807, 2.05) is 24.3 Å². The summed E-state index contributed by atoms with van der Waals surface area (Å²) < 4.78 is 6.17. The molecule has 0 radical (unpaired) electrons. The molecule has 3 rings (SSSR count). The number of halogens is 1. The normalized spacial score (nSPS) is 10.9. The van der Waals surface area contributed by atoms with E-state index in [0.717, 1.165) is 20.5 Å². The molecule has 0 fully saturated rings. The van der Waals surface area contributed by atoms with E-state index in [1.54, 1.807) is 36.0 Å². The summed E-state index contributed by atoms with van der Waals surface area (Å²) in [6, 6.07) is 14.3. The standard InChI is InChI=1S/C20H17ClN4O3S3/c1-28-18(27)14-8-6-13(7-9-14)10-22-23-17(26)12-30-20-25-24-19(31-20)29-11-15-4-2-3-5-16(15)21/h2-10H,11-12H2,1H3,(H,23,26). The van der Waals surface area contributed by atoms with Crippen molar-refractivity contribution in [2.24, 2.45) is 5.10 Å². The molecule has 160 valence electrons. The molecule has 31 heavy (non-hydrogen) atoms. The summed E-state index contributed by atoms with van der Waals surface area (Å²) in [5.74, 6) is 0.209. The first-order chi connectivity index (χ1) is 15.0. The molecular formula is C20H17ClN4O3S3. The summed E-state index contributed by atoms with van der Waals surface area (Å²) in [6.07, 6.45) is 1.50. The predicted molar refractivity (Wildman–Crippen MR) is 125 cm³/mol. The van der Waals surface area contributed by atoms with Crippen molar-refractivity contribution in [3.05, 3.63) is 70.2 Å². The van der Waals surface area contributed by atoms with Crippen LogP contribution in [0.15, 0.2) is 62.3 Å². The van der Waals surface area contributed by atoms with Gasteiger partial charge in [-0.05, 0) is 29.3 Å². The monoisotopic (exact) mass is 492 g/mol. The quantitative estimate of drug-likeness (QED) is 0.203. The van der Waals surface area contributed by atoms with Gasteiger partial charge in [0.25, 0.3) is 5.91 Å². The van der Waals surface area contributed by atoms with Gasteiger partial charge in [0.15, 0.2) is 8.68 Å². The summed E-state index contributed by atoms with van der Waals surface area (Å²) in [7, 11) is 1.33. The topological polar surface area (TPSA) is 93.5 Å². The van der Waals surface area contributed by atoms with E-state index < -0.39 is 5.97 Å². The molecular weight excluding hydrogens is 476 g/mol. The molecule has 0 saturated heterocycles. The van der Waals surface area contributed by atoms with Crippen LogP contribution in [0.4, 0.5) is 0 Å². The number of amides is 1. The Labute approximate surface area is 196 Å². The van der Waals surface area contributed by atoms with E-state index in [2.05, 4.69) is 25.5 Å². The molecule has 1 heterocycles. The minimum atomic E-state index is -0.407. The number of methoxy groups -OCH3 is 1. The van der Waals surface area contributed by atoms with Crippen LogP contribution < -0.4 is 5.43 Å². The van der Waals surface area contributed by atoms with E-state index in [4.69, 9.17) is 11.6 Å². The number of nitrogens with one attached hydrogen (secondary N) is 1. The van der Waals surface area contributed by atoms with Crippen LogP contribution in [0.3, 0.4) is 0 Å². The minimum Gasteiger partial charge on any atom is -0.465 e. The van der Waals surface area contributed by atoms with Gasteiger partial charge in [-0.1, -0.05) is 76.8 Å². The third kappa shape index (κ3) is 7.35. The Kier molecular flexibility index (Phi) is 8.89. The van der Waals surface area contributed by atoms with E-state index in [-0.39, 0.29) is 11.7 Å². The molecule has 3 aromatic rings. The van der Waals surface area contributed by atoms with Crippen molar-refractivity contribution in [1.29, 1.82) is 0 Å². The van der Waals surface area contributed by atoms with Crippen molar-refractivity contribution in [2.45, 2.75) is 14.4 Å². The number of hydrazone groups is 1. The maximum Gasteiger partial charge on any atom is 0.337 e. The first kappa shape index (κ1) is 23.3. The Bertz CT molecular complexity index is 1070. The minimum absolute atomic E-state index is 0.169. The number of hydrogen-bond donors (Lipinski definition) is 1. The fraction of sp³-hybridized carbons (Fsp3) is 0.150. The zero-order valence-corrected chi connectivity index (χ0v) is 19.5. The average molecular weight is 493 g/mol. The lowest BCUT2D eigenvalue weighted by atomic mass is 10.1. The number of benzene rings is 2. The van der Waals surface area contributed by atoms with E-state index in [0.29, 0.717) is 15.7 Å². The third-order valence-corrected chi connectivity index (χ3v) is 7.37. The van der Waals surface area contributed by atoms with E-state index in [9.17, 15) is 9.59 Å². The molecule has 0 aliphatic rings. The largest absolute Gasteiger partial charge is 0.465 e. The Morgan fingerprint density at radius 2 is 1.84 bits per heavy atom. The maximum atomic E-state index is 12.0.